The summed E-state index contributed by atoms with van der Waals surface area (Å²) in [5, 5.41) is 9.33. The number of nitrogens with zero attached hydrogens (tertiary/aromatic N) is 1. The van der Waals surface area contributed by atoms with E-state index in [1.165, 1.54) is 18.9 Å². The first-order valence-electron chi connectivity index (χ1n) is 4.92. The zero-order valence-electron chi connectivity index (χ0n) is 9.90. The van der Waals surface area contributed by atoms with Crippen LogP contribution in [0.5, 0.6) is 0 Å². The number of methoxy groups -OCH3 is 1. The van der Waals surface area contributed by atoms with E-state index in [0.29, 0.717) is 5.04 Å². The number of carbonyl (C=O) groups is 2. The lowest BCUT2D eigenvalue weighted by Gasteiger charge is -2.30. The summed E-state index contributed by atoms with van der Waals surface area (Å²) in [6.45, 7) is 3.62. The van der Waals surface area contributed by atoms with Gasteiger partial charge in [-0.2, -0.15) is 0 Å². The van der Waals surface area contributed by atoms with E-state index in [2.05, 4.69) is 25.4 Å². The SMILES string of the molecule is COCNC(=O)ON=C1SCC(=O)NC1(C)C. The highest BCUT2D eigenvalue weighted by atomic mass is 32.2. The molecule has 0 aromatic rings. The normalized spacial score (nSPS) is 20.9. The van der Waals surface area contributed by atoms with E-state index in [0.717, 1.165) is 0 Å². The van der Waals surface area contributed by atoms with Crippen molar-refractivity contribution in [3.8, 4) is 0 Å². The summed E-state index contributed by atoms with van der Waals surface area (Å²) in [6, 6.07) is 0. The summed E-state index contributed by atoms with van der Waals surface area (Å²) in [4.78, 5) is 26.9. The molecule has 96 valence electrons. The van der Waals surface area contributed by atoms with Gasteiger partial charge in [0.15, 0.2) is 0 Å². The summed E-state index contributed by atoms with van der Waals surface area (Å²) in [5.41, 5.74) is -0.623. The van der Waals surface area contributed by atoms with Gasteiger partial charge in [0.1, 0.15) is 11.8 Å². The number of hydrogen-bond acceptors (Lipinski definition) is 6. The molecule has 0 unspecified atom stereocenters. The van der Waals surface area contributed by atoms with E-state index in [1.807, 2.05) is 0 Å². The maximum Gasteiger partial charge on any atom is 0.435 e. The summed E-state index contributed by atoms with van der Waals surface area (Å²) in [7, 11) is 1.45. The Morgan fingerprint density at radius 3 is 2.94 bits per heavy atom. The molecule has 0 atom stereocenters. The van der Waals surface area contributed by atoms with Crippen LogP contribution in [0.1, 0.15) is 13.8 Å². The van der Waals surface area contributed by atoms with Gasteiger partial charge in [0.05, 0.1) is 11.3 Å². The first-order chi connectivity index (χ1) is 7.95. The van der Waals surface area contributed by atoms with Crippen molar-refractivity contribution < 1.29 is 19.2 Å². The topological polar surface area (TPSA) is 89.0 Å². The molecule has 2 N–H and O–H groups in total. The van der Waals surface area contributed by atoms with Crippen LogP contribution in [0.3, 0.4) is 0 Å². The van der Waals surface area contributed by atoms with Crippen LogP contribution in [0.25, 0.3) is 0 Å². The Bertz CT molecular complexity index is 343. The molecule has 2 amide bonds. The molecule has 0 spiro atoms. The third-order valence-electron chi connectivity index (χ3n) is 1.90. The Morgan fingerprint density at radius 1 is 1.65 bits per heavy atom. The number of amides is 2. The summed E-state index contributed by atoms with van der Waals surface area (Å²) >= 11 is 1.25. The zero-order chi connectivity index (χ0) is 12.9. The molecule has 0 saturated carbocycles. The number of oxime groups is 1. The van der Waals surface area contributed by atoms with E-state index in [4.69, 9.17) is 0 Å². The molecule has 0 aliphatic carbocycles. The van der Waals surface area contributed by atoms with Crippen molar-refractivity contribution in [1.29, 1.82) is 0 Å². The molecule has 0 aromatic carbocycles. The lowest BCUT2D eigenvalue weighted by Crippen LogP contribution is -2.53. The minimum absolute atomic E-state index is 0.0525. The van der Waals surface area contributed by atoms with Gasteiger partial charge in [-0.1, -0.05) is 16.9 Å². The Kier molecular flexibility index (Phi) is 4.76. The van der Waals surface area contributed by atoms with Crippen LogP contribution in [0.4, 0.5) is 4.79 Å². The first-order valence-corrected chi connectivity index (χ1v) is 5.90. The van der Waals surface area contributed by atoms with Crippen LogP contribution in [0.15, 0.2) is 5.16 Å². The summed E-state index contributed by atoms with van der Waals surface area (Å²) in [6.07, 6.45) is -0.701. The lowest BCUT2D eigenvalue weighted by molar-refractivity contribution is -0.119. The molecule has 0 radical (unpaired) electrons. The summed E-state index contributed by atoms with van der Waals surface area (Å²) in [5.74, 6) is 0.202. The van der Waals surface area contributed by atoms with Gasteiger partial charge in [0.25, 0.3) is 0 Å². The van der Waals surface area contributed by atoms with Gasteiger partial charge in [-0.3, -0.25) is 14.9 Å². The quantitative estimate of drug-likeness (QED) is 0.432. The molecule has 1 fully saturated rings. The molecule has 1 heterocycles. The molecule has 8 heteroatoms. The molecule has 0 aromatic heterocycles. The van der Waals surface area contributed by atoms with E-state index in [-0.39, 0.29) is 18.4 Å². The maximum atomic E-state index is 11.2. The zero-order valence-corrected chi connectivity index (χ0v) is 10.7. The summed E-state index contributed by atoms with van der Waals surface area (Å²) < 4.78 is 4.64. The van der Waals surface area contributed by atoms with Crippen molar-refractivity contribution >= 4 is 28.8 Å². The van der Waals surface area contributed by atoms with Gasteiger partial charge in [0, 0.05) is 7.11 Å². The number of hydrogen-bond donors (Lipinski definition) is 2. The van der Waals surface area contributed by atoms with E-state index in [1.54, 1.807) is 13.8 Å². The minimum atomic E-state index is -0.701. The van der Waals surface area contributed by atoms with Gasteiger partial charge in [-0.15, -0.1) is 0 Å². The fraction of sp³-hybridized carbons (Fsp3) is 0.667. The molecule has 1 aliphatic heterocycles. The fourth-order valence-corrected chi connectivity index (χ4v) is 1.98. The lowest BCUT2D eigenvalue weighted by atomic mass is 10.1. The highest BCUT2D eigenvalue weighted by molar-refractivity contribution is 8.14. The average molecular weight is 261 g/mol. The molecule has 1 rings (SSSR count). The van der Waals surface area contributed by atoms with Crippen LogP contribution in [0.2, 0.25) is 0 Å². The Labute approximate surface area is 103 Å². The van der Waals surface area contributed by atoms with E-state index in [9.17, 15) is 9.59 Å². The van der Waals surface area contributed by atoms with Crippen molar-refractivity contribution in [3.63, 3.8) is 0 Å². The fourth-order valence-electron chi connectivity index (χ4n) is 1.14. The Balaban J connectivity index is 2.53. The number of carbonyl (C=O) groups excluding carboxylic acids is 2. The van der Waals surface area contributed by atoms with E-state index >= 15 is 0 Å². The van der Waals surface area contributed by atoms with E-state index < -0.39 is 11.6 Å². The maximum absolute atomic E-state index is 11.2. The van der Waals surface area contributed by atoms with Crippen molar-refractivity contribution in [2.45, 2.75) is 19.4 Å². The monoisotopic (exact) mass is 261 g/mol. The van der Waals surface area contributed by atoms with Crippen molar-refractivity contribution in [2.75, 3.05) is 19.6 Å². The molecule has 1 saturated heterocycles. The van der Waals surface area contributed by atoms with Gasteiger partial charge in [-0.05, 0) is 13.8 Å². The minimum Gasteiger partial charge on any atom is -0.364 e. The predicted octanol–water partition coefficient (Wildman–Crippen LogP) is 0.272. The molecular weight excluding hydrogens is 246 g/mol. The third kappa shape index (κ3) is 4.23. The Hall–Kier alpha value is -1.28. The first kappa shape index (κ1) is 13.8. The smallest absolute Gasteiger partial charge is 0.364 e. The van der Waals surface area contributed by atoms with Crippen molar-refractivity contribution in [1.82, 2.24) is 10.6 Å². The molecular formula is C9H15N3O4S. The largest absolute Gasteiger partial charge is 0.435 e. The Morgan fingerprint density at radius 2 is 2.35 bits per heavy atom. The highest BCUT2D eigenvalue weighted by Crippen LogP contribution is 2.22. The second-order valence-corrected chi connectivity index (χ2v) is 4.81. The number of rotatable bonds is 3. The van der Waals surface area contributed by atoms with Crippen LogP contribution < -0.4 is 10.6 Å². The standard InChI is InChI=1S/C9H15N3O4S/c1-9(2)7(17-4-6(13)11-9)12-16-8(14)10-5-15-3/h4-5H2,1-3H3,(H,10,14)(H,11,13). The van der Waals surface area contributed by atoms with Gasteiger partial charge in [0.2, 0.25) is 5.91 Å². The third-order valence-corrected chi connectivity index (χ3v) is 3.16. The molecule has 0 bridgehead atoms. The number of ether oxygens (including phenoxy) is 1. The predicted molar refractivity (Wildman–Crippen MR) is 63.6 cm³/mol. The van der Waals surface area contributed by atoms with Crippen LogP contribution in [-0.4, -0.2) is 42.2 Å². The highest BCUT2D eigenvalue weighted by Gasteiger charge is 2.33. The molecule has 1 aliphatic rings. The molecule has 7 nitrogen and oxygen atoms in total. The number of thioether (sulfide) groups is 1. The number of nitrogens with one attached hydrogen (secondary N) is 2. The second-order valence-electron chi connectivity index (χ2n) is 3.85. The van der Waals surface area contributed by atoms with Gasteiger partial charge >= 0.3 is 6.09 Å². The second kappa shape index (κ2) is 5.87. The van der Waals surface area contributed by atoms with Crippen molar-refractivity contribution in [3.05, 3.63) is 0 Å². The van der Waals surface area contributed by atoms with Crippen LogP contribution in [0, 0.1) is 0 Å². The van der Waals surface area contributed by atoms with Crippen LogP contribution >= 0.6 is 11.8 Å². The van der Waals surface area contributed by atoms with Gasteiger partial charge in [-0.25, -0.2) is 4.79 Å². The molecule has 17 heavy (non-hydrogen) atoms. The van der Waals surface area contributed by atoms with Gasteiger partial charge < -0.3 is 10.1 Å². The van der Waals surface area contributed by atoms with Crippen LogP contribution in [-0.2, 0) is 14.4 Å². The van der Waals surface area contributed by atoms with Crippen molar-refractivity contribution in [2.24, 2.45) is 5.16 Å². The average Bonchev–Trinajstić information content (AvgIpc) is 2.23.